The monoisotopic (exact) mass is 277 g/mol. The Balaban J connectivity index is 3.11. The number of nitrogen functional groups attached to an aromatic ring is 1. The largest absolute Gasteiger partial charge is 0.399 e. The lowest BCUT2D eigenvalue weighted by atomic mass is 9.89. The molecular weight excluding hydrogens is 250 g/mol. The molecule has 1 aromatic rings. The quantitative estimate of drug-likeness (QED) is 0.786. The lowest BCUT2D eigenvalue weighted by Crippen LogP contribution is -2.47. The van der Waals surface area contributed by atoms with E-state index in [0.29, 0.717) is 11.3 Å². The minimum Gasteiger partial charge on any atom is -0.399 e. The molecule has 0 spiro atoms. The van der Waals surface area contributed by atoms with E-state index in [4.69, 9.17) is 5.73 Å². The van der Waals surface area contributed by atoms with Gasteiger partial charge in [0.25, 0.3) is 5.91 Å². The van der Waals surface area contributed by atoms with Crippen molar-refractivity contribution < 1.29 is 4.79 Å². The van der Waals surface area contributed by atoms with Crippen molar-refractivity contribution in [3.8, 4) is 0 Å². The van der Waals surface area contributed by atoms with E-state index >= 15 is 0 Å². The number of anilines is 2. The van der Waals surface area contributed by atoms with Crippen LogP contribution in [-0.2, 0) is 0 Å². The van der Waals surface area contributed by atoms with Crippen LogP contribution >= 0.6 is 0 Å². The molecular formula is C16H27N3O. The van der Waals surface area contributed by atoms with Crippen molar-refractivity contribution in [1.29, 1.82) is 0 Å². The van der Waals surface area contributed by atoms with Crippen LogP contribution in [0.25, 0.3) is 0 Å². The number of nitrogens with one attached hydrogen (secondary N) is 1. The first-order valence-electron chi connectivity index (χ1n) is 7.28. The minimum atomic E-state index is -0.134. The van der Waals surface area contributed by atoms with Crippen molar-refractivity contribution in [3.63, 3.8) is 0 Å². The third-order valence-corrected chi connectivity index (χ3v) is 4.16. The molecule has 1 amide bonds. The second-order valence-electron chi connectivity index (χ2n) is 5.47. The van der Waals surface area contributed by atoms with Crippen molar-refractivity contribution in [1.82, 2.24) is 5.32 Å². The standard InChI is InChI=1S/C16H27N3O/c1-6-16(7-2,8-3)18-15(20)13-11-12(17)9-10-14(13)19(4)5/h9-11H,6-8,17H2,1-5H3,(H,18,20). The summed E-state index contributed by atoms with van der Waals surface area (Å²) in [4.78, 5) is 14.6. The van der Waals surface area contributed by atoms with Gasteiger partial charge in [0, 0.05) is 31.0 Å². The zero-order valence-electron chi connectivity index (χ0n) is 13.3. The van der Waals surface area contributed by atoms with Gasteiger partial charge in [-0.15, -0.1) is 0 Å². The number of amides is 1. The summed E-state index contributed by atoms with van der Waals surface area (Å²) >= 11 is 0. The number of carbonyl (C=O) groups excluding carboxylic acids is 1. The topological polar surface area (TPSA) is 58.4 Å². The molecule has 0 radical (unpaired) electrons. The van der Waals surface area contributed by atoms with Crippen molar-refractivity contribution in [2.45, 2.75) is 45.6 Å². The average molecular weight is 277 g/mol. The van der Waals surface area contributed by atoms with Crippen molar-refractivity contribution >= 4 is 17.3 Å². The first kappa shape index (κ1) is 16.3. The molecule has 0 fully saturated rings. The van der Waals surface area contributed by atoms with Crippen LogP contribution in [0.4, 0.5) is 11.4 Å². The van der Waals surface area contributed by atoms with Gasteiger partial charge in [0.15, 0.2) is 0 Å². The Morgan fingerprint density at radius 3 is 2.20 bits per heavy atom. The molecule has 0 saturated heterocycles. The Hall–Kier alpha value is -1.71. The smallest absolute Gasteiger partial charge is 0.253 e. The highest BCUT2D eigenvalue weighted by Gasteiger charge is 2.27. The highest BCUT2D eigenvalue weighted by Crippen LogP contribution is 2.24. The number of hydrogen-bond acceptors (Lipinski definition) is 3. The molecule has 3 N–H and O–H groups in total. The highest BCUT2D eigenvalue weighted by molar-refractivity contribution is 6.01. The van der Waals surface area contributed by atoms with Gasteiger partial charge >= 0.3 is 0 Å². The maximum absolute atomic E-state index is 12.6. The maximum atomic E-state index is 12.6. The Kier molecular flexibility index (Phi) is 5.43. The maximum Gasteiger partial charge on any atom is 0.253 e. The summed E-state index contributed by atoms with van der Waals surface area (Å²) < 4.78 is 0. The summed E-state index contributed by atoms with van der Waals surface area (Å²) in [5.41, 5.74) is 7.82. The molecule has 0 aliphatic heterocycles. The van der Waals surface area contributed by atoms with E-state index in [1.807, 2.05) is 31.1 Å². The molecule has 0 bridgehead atoms. The Morgan fingerprint density at radius 1 is 1.20 bits per heavy atom. The summed E-state index contributed by atoms with van der Waals surface area (Å²) in [5.74, 6) is -0.0495. The molecule has 1 aromatic carbocycles. The van der Waals surface area contributed by atoms with E-state index < -0.39 is 0 Å². The van der Waals surface area contributed by atoms with Crippen LogP contribution in [0.15, 0.2) is 18.2 Å². The van der Waals surface area contributed by atoms with E-state index in [1.54, 1.807) is 6.07 Å². The van der Waals surface area contributed by atoms with Gasteiger partial charge in [-0.3, -0.25) is 4.79 Å². The van der Waals surface area contributed by atoms with E-state index in [2.05, 4.69) is 26.1 Å². The van der Waals surface area contributed by atoms with E-state index in [1.165, 1.54) is 0 Å². The minimum absolute atomic E-state index is 0.0495. The molecule has 0 saturated carbocycles. The predicted molar refractivity (Wildman–Crippen MR) is 86.3 cm³/mol. The summed E-state index contributed by atoms with van der Waals surface area (Å²) in [5, 5.41) is 3.20. The Bertz CT molecular complexity index is 457. The summed E-state index contributed by atoms with van der Waals surface area (Å²) in [6, 6.07) is 5.45. The van der Waals surface area contributed by atoms with Gasteiger partial charge in [-0.2, -0.15) is 0 Å². The molecule has 0 atom stereocenters. The van der Waals surface area contributed by atoms with Crippen LogP contribution in [-0.4, -0.2) is 25.5 Å². The van der Waals surface area contributed by atoms with E-state index in [9.17, 15) is 4.79 Å². The number of hydrogen-bond donors (Lipinski definition) is 2. The third-order valence-electron chi connectivity index (χ3n) is 4.16. The zero-order valence-corrected chi connectivity index (χ0v) is 13.3. The highest BCUT2D eigenvalue weighted by atomic mass is 16.1. The van der Waals surface area contributed by atoms with Crippen molar-refractivity contribution in [2.75, 3.05) is 24.7 Å². The SMILES string of the molecule is CCC(CC)(CC)NC(=O)c1cc(N)ccc1N(C)C. The number of benzene rings is 1. The summed E-state index contributed by atoms with van der Waals surface area (Å²) in [6.45, 7) is 6.33. The number of nitrogens with zero attached hydrogens (tertiary/aromatic N) is 1. The third kappa shape index (κ3) is 3.44. The Morgan fingerprint density at radius 2 is 1.75 bits per heavy atom. The van der Waals surface area contributed by atoms with Gasteiger partial charge in [0.2, 0.25) is 0 Å². The summed E-state index contributed by atoms with van der Waals surface area (Å²) in [6.07, 6.45) is 2.77. The van der Waals surface area contributed by atoms with Gasteiger partial charge in [-0.1, -0.05) is 20.8 Å². The fourth-order valence-corrected chi connectivity index (χ4v) is 2.45. The lowest BCUT2D eigenvalue weighted by molar-refractivity contribution is 0.0889. The fraction of sp³-hybridized carbons (Fsp3) is 0.562. The van der Waals surface area contributed by atoms with Crippen LogP contribution in [0.2, 0.25) is 0 Å². The number of rotatable bonds is 6. The van der Waals surface area contributed by atoms with Crippen LogP contribution in [0.3, 0.4) is 0 Å². The van der Waals surface area contributed by atoms with E-state index in [-0.39, 0.29) is 11.4 Å². The molecule has 4 nitrogen and oxygen atoms in total. The van der Waals surface area contributed by atoms with Crippen LogP contribution < -0.4 is 16.0 Å². The van der Waals surface area contributed by atoms with Gasteiger partial charge in [0.1, 0.15) is 0 Å². The number of carbonyl (C=O) groups is 1. The molecule has 4 heteroatoms. The molecule has 0 aliphatic rings. The number of nitrogens with two attached hydrogens (primary N) is 1. The van der Waals surface area contributed by atoms with Crippen LogP contribution in [0.1, 0.15) is 50.4 Å². The second kappa shape index (κ2) is 6.64. The fourth-order valence-electron chi connectivity index (χ4n) is 2.45. The predicted octanol–water partition coefficient (Wildman–Crippen LogP) is 3.03. The molecule has 0 unspecified atom stereocenters. The zero-order chi connectivity index (χ0) is 15.3. The van der Waals surface area contributed by atoms with Crippen molar-refractivity contribution in [2.24, 2.45) is 0 Å². The lowest BCUT2D eigenvalue weighted by Gasteiger charge is -2.32. The second-order valence-corrected chi connectivity index (χ2v) is 5.47. The molecule has 0 heterocycles. The van der Waals surface area contributed by atoms with Crippen LogP contribution in [0, 0.1) is 0 Å². The normalized spacial score (nSPS) is 11.2. The molecule has 0 aromatic heterocycles. The molecule has 20 heavy (non-hydrogen) atoms. The van der Waals surface area contributed by atoms with Gasteiger partial charge in [0.05, 0.1) is 5.56 Å². The van der Waals surface area contributed by atoms with Gasteiger partial charge in [-0.25, -0.2) is 0 Å². The Labute approximate surface area is 122 Å². The van der Waals surface area contributed by atoms with Gasteiger partial charge in [-0.05, 0) is 37.5 Å². The molecule has 0 aliphatic carbocycles. The van der Waals surface area contributed by atoms with Gasteiger partial charge < -0.3 is 16.0 Å². The average Bonchev–Trinajstić information content (AvgIpc) is 2.44. The summed E-state index contributed by atoms with van der Waals surface area (Å²) in [7, 11) is 3.85. The first-order chi connectivity index (χ1) is 9.39. The molecule has 1 rings (SSSR count). The van der Waals surface area contributed by atoms with Crippen molar-refractivity contribution in [3.05, 3.63) is 23.8 Å². The van der Waals surface area contributed by atoms with E-state index in [0.717, 1.165) is 24.9 Å². The first-order valence-corrected chi connectivity index (χ1v) is 7.28. The molecule has 112 valence electrons. The van der Waals surface area contributed by atoms with Crippen LogP contribution in [0.5, 0.6) is 0 Å².